The van der Waals surface area contributed by atoms with Crippen molar-refractivity contribution in [1.82, 2.24) is 0 Å². The van der Waals surface area contributed by atoms with Crippen molar-refractivity contribution in [1.29, 1.82) is 0 Å². The van der Waals surface area contributed by atoms with Crippen molar-refractivity contribution in [2.75, 3.05) is 0 Å². The Labute approximate surface area is 95.0 Å². The van der Waals surface area contributed by atoms with Gasteiger partial charge < -0.3 is 24.8 Å². The first-order chi connectivity index (χ1) is 4.83. The van der Waals surface area contributed by atoms with Gasteiger partial charge in [0, 0.05) is 0 Å². The van der Waals surface area contributed by atoms with Crippen LogP contribution in [0.3, 0.4) is 0 Å². The Hall–Kier alpha value is 0.332. The van der Waals surface area contributed by atoms with Crippen molar-refractivity contribution in [3.63, 3.8) is 0 Å². The fourth-order valence-electron chi connectivity index (χ4n) is 0.921. The van der Waals surface area contributed by atoms with E-state index in [4.69, 9.17) is 0 Å². The second-order valence-corrected chi connectivity index (χ2v) is 3.10. The van der Waals surface area contributed by atoms with E-state index >= 15 is 0 Å². The van der Waals surface area contributed by atoms with Crippen molar-refractivity contribution in [2.24, 2.45) is 0 Å². The van der Waals surface area contributed by atoms with E-state index in [-0.39, 0.29) is 24.8 Å². The second kappa shape index (κ2) is 7.95. The van der Waals surface area contributed by atoms with Crippen LogP contribution in [-0.2, 0) is 6.42 Å². The summed E-state index contributed by atoms with van der Waals surface area (Å²) in [5, 5.41) is 1.16. The van der Waals surface area contributed by atoms with Gasteiger partial charge >= 0.3 is 70.3 Å². The summed E-state index contributed by atoms with van der Waals surface area (Å²) < 4.78 is 0. The molecular formula is C9H11AlCl2. The van der Waals surface area contributed by atoms with Crippen LogP contribution in [0.5, 0.6) is 0 Å². The first-order valence-corrected chi connectivity index (χ1v) is 4.40. The number of benzene rings is 1. The molecule has 0 saturated heterocycles. The Kier molecular flexibility index (Phi) is 9.83. The summed E-state index contributed by atoms with van der Waals surface area (Å²) in [4.78, 5) is 0. The van der Waals surface area contributed by atoms with E-state index in [0.717, 1.165) is 5.28 Å². The van der Waals surface area contributed by atoms with Crippen LogP contribution in [0.1, 0.15) is 11.1 Å². The van der Waals surface area contributed by atoms with Gasteiger partial charge in [0.2, 0.25) is 0 Å². The number of halogens is 2. The smallest absolute Gasteiger partial charge is 1.00 e. The summed E-state index contributed by atoms with van der Waals surface area (Å²) in [5.74, 6) is 0. The van der Waals surface area contributed by atoms with Gasteiger partial charge in [-0.1, -0.05) is 0 Å². The standard InChI is InChI=1S/C9H11.Al.2ClH/c1-3-9-6-4-8(2)5-7-9;;;/h4-7H,1,3H2,2H3;;2*1H/q;+2;;/p-2. The zero-order valence-corrected chi connectivity index (χ0v) is 9.72. The van der Waals surface area contributed by atoms with E-state index < -0.39 is 0 Å². The van der Waals surface area contributed by atoms with E-state index in [1.165, 1.54) is 17.5 Å². The molecule has 0 bridgehead atoms. The summed E-state index contributed by atoms with van der Waals surface area (Å²) in [6.45, 7) is 2.12. The predicted molar refractivity (Wildman–Crippen MR) is 45.4 cm³/mol. The molecule has 64 valence electrons. The molecule has 0 amide bonds. The van der Waals surface area contributed by atoms with Crippen LogP contribution in [0.2, 0.25) is 5.28 Å². The van der Waals surface area contributed by atoms with Crippen LogP contribution in [0.4, 0.5) is 0 Å². The molecule has 0 aromatic heterocycles. The maximum Gasteiger partial charge on any atom is -1.00 e. The van der Waals surface area contributed by atoms with Crippen LogP contribution >= 0.6 is 0 Å². The third-order valence-electron chi connectivity index (χ3n) is 1.55. The third-order valence-corrected chi connectivity index (χ3v) is 1.84. The van der Waals surface area contributed by atoms with Gasteiger partial charge in [-0.05, 0) is 0 Å². The van der Waals surface area contributed by atoms with Gasteiger partial charge in [0.1, 0.15) is 0 Å². The van der Waals surface area contributed by atoms with Gasteiger partial charge in [-0.25, -0.2) is 0 Å². The Bertz CT molecular complexity index is 196. The molecule has 0 unspecified atom stereocenters. The summed E-state index contributed by atoms with van der Waals surface area (Å²) in [6, 6.07) is 8.71. The molecular weight excluding hydrogens is 206 g/mol. The van der Waals surface area contributed by atoms with Gasteiger partial charge in [0.05, 0.1) is 0 Å². The molecule has 3 heteroatoms. The molecule has 12 heavy (non-hydrogen) atoms. The van der Waals surface area contributed by atoms with Crippen molar-refractivity contribution in [3.05, 3.63) is 35.4 Å². The number of hydrogen-bond donors (Lipinski definition) is 0. The number of rotatable bonds is 2. The Morgan fingerprint density at radius 3 is 2.00 bits per heavy atom. The maximum atomic E-state index is 2.74. The van der Waals surface area contributed by atoms with E-state index in [1.54, 1.807) is 0 Å². The quantitative estimate of drug-likeness (QED) is 0.445. The van der Waals surface area contributed by atoms with E-state index in [2.05, 4.69) is 47.5 Å². The summed E-state index contributed by atoms with van der Waals surface area (Å²) in [5.41, 5.74) is 2.77. The fourth-order valence-corrected chi connectivity index (χ4v) is 1.25. The first-order valence-electron chi connectivity index (χ1n) is 3.58. The zero-order valence-electron chi connectivity index (χ0n) is 7.06. The minimum absolute atomic E-state index is 0. The molecule has 0 aliphatic rings. The number of hydrogen-bond acceptors (Lipinski definition) is 0. The molecule has 1 aromatic rings. The number of aryl methyl sites for hydroxylation is 2. The van der Waals surface area contributed by atoms with Crippen molar-refractivity contribution in [2.45, 2.75) is 18.6 Å². The monoisotopic (exact) mass is 216 g/mol. The summed E-state index contributed by atoms with van der Waals surface area (Å²) in [6.07, 6.45) is 1.17. The molecule has 0 saturated carbocycles. The topological polar surface area (TPSA) is 0 Å². The molecule has 0 N–H and O–H groups in total. The van der Waals surface area contributed by atoms with Crippen LogP contribution in [0, 0.1) is 6.92 Å². The average Bonchev–Trinajstić information content (AvgIpc) is 1.95. The molecule has 0 fully saturated rings. The normalized spacial score (nSPS) is 8.25. The fraction of sp³-hybridized carbons (Fsp3) is 0.333. The van der Waals surface area contributed by atoms with Crippen LogP contribution in [-0.4, -0.2) is 16.3 Å². The average molecular weight is 217 g/mol. The van der Waals surface area contributed by atoms with Crippen LogP contribution in [0.15, 0.2) is 24.3 Å². The Morgan fingerprint density at radius 1 is 1.08 bits per heavy atom. The Balaban J connectivity index is 0. The minimum atomic E-state index is 0. The SMILES string of the molecule is Cc1ccc(C[CH2][Al+2])cc1.[Cl-].[Cl-]. The van der Waals surface area contributed by atoms with Gasteiger partial charge in [-0.15, -0.1) is 0 Å². The van der Waals surface area contributed by atoms with E-state index in [1.807, 2.05) is 0 Å². The second-order valence-electron chi connectivity index (χ2n) is 2.52. The Morgan fingerprint density at radius 2 is 1.58 bits per heavy atom. The van der Waals surface area contributed by atoms with E-state index in [9.17, 15) is 0 Å². The first kappa shape index (κ1) is 14.8. The molecule has 1 rings (SSSR count). The van der Waals surface area contributed by atoms with Crippen LogP contribution < -0.4 is 24.8 Å². The van der Waals surface area contributed by atoms with Gasteiger partial charge in [-0.2, -0.15) is 0 Å². The molecule has 0 aliphatic heterocycles. The maximum absolute atomic E-state index is 2.74. The molecule has 0 radical (unpaired) electrons. The molecule has 0 atom stereocenters. The van der Waals surface area contributed by atoms with Crippen molar-refractivity contribution in [3.8, 4) is 0 Å². The zero-order chi connectivity index (χ0) is 7.40. The molecule has 0 aliphatic carbocycles. The van der Waals surface area contributed by atoms with Crippen LogP contribution in [0.25, 0.3) is 0 Å². The summed E-state index contributed by atoms with van der Waals surface area (Å²) >= 11 is 2.74. The molecule has 0 spiro atoms. The summed E-state index contributed by atoms with van der Waals surface area (Å²) in [7, 11) is 0. The van der Waals surface area contributed by atoms with Gasteiger partial charge in [0.25, 0.3) is 0 Å². The minimum Gasteiger partial charge on any atom is -1.00 e. The predicted octanol–water partition coefficient (Wildman–Crippen LogP) is -3.87. The van der Waals surface area contributed by atoms with Crippen molar-refractivity contribution < 1.29 is 24.8 Å². The molecule has 0 heterocycles. The third kappa shape index (κ3) is 5.06. The van der Waals surface area contributed by atoms with Gasteiger partial charge in [0.15, 0.2) is 0 Å². The van der Waals surface area contributed by atoms with Gasteiger partial charge in [-0.3, -0.25) is 0 Å². The van der Waals surface area contributed by atoms with Crippen molar-refractivity contribution >= 4 is 16.3 Å². The molecule has 0 nitrogen and oxygen atoms in total. The van der Waals surface area contributed by atoms with E-state index in [0.29, 0.717) is 0 Å². The molecule has 1 aromatic carbocycles. The largest absolute Gasteiger partial charge is 1.00 e.